The van der Waals surface area contributed by atoms with Crippen molar-refractivity contribution in [3.8, 4) is 22.5 Å². The Morgan fingerprint density at radius 3 is 1.89 bits per heavy atom. The van der Waals surface area contributed by atoms with Crippen LogP contribution in [0.5, 0.6) is 0 Å². The van der Waals surface area contributed by atoms with E-state index in [4.69, 9.17) is 4.42 Å². The van der Waals surface area contributed by atoms with Gasteiger partial charge in [0.15, 0.2) is 0 Å². The lowest BCUT2D eigenvalue weighted by atomic mass is 10.0. The van der Waals surface area contributed by atoms with Gasteiger partial charge in [-0.15, -0.1) is 0 Å². The predicted molar refractivity (Wildman–Crippen MR) is 179 cm³/mol. The highest BCUT2D eigenvalue weighted by Gasteiger charge is 2.16. The number of fused-ring (bicyclic) bond motifs is 9. The van der Waals surface area contributed by atoms with Gasteiger partial charge in [-0.25, -0.2) is 4.98 Å². The van der Waals surface area contributed by atoms with Crippen molar-refractivity contribution in [1.29, 1.82) is 0 Å². The van der Waals surface area contributed by atoms with E-state index in [1.165, 1.54) is 21.8 Å². The topological polar surface area (TPSA) is 40.3 Å². The van der Waals surface area contributed by atoms with E-state index in [9.17, 15) is 0 Å². The second-order valence-electron chi connectivity index (χ2n) is 11.3. The number of imidazole rings is 2. The largest absolute Gasteiger partial charge is 0.456 e. The lowest BCUT2D eigenvalue weighted by molar-refractivity contribution is 0.669. The molecular formula is C39H24N4O. The molecule has 44 heavy (non-hydrogen) atoms. The maximum atomic E-state index is 6.34. The summed E-state index contributed by atoms with van der Waals surface area (Å²) < 4.78 is 13.1. The second-order valence-corrected chi connectivity index (χ2v) is 11.3. The molecule has 0 radical (unpaired) electrons. The van der Waals surface area contributed by atoms with E-state index in [-0.39, 0.29) is 0 Å². The van der Waals surface area contributed by atoms with Crippen molar-refractivity contribution in [2.75, 3.05) is 0 Å². The molecule has 0 saturated carbocycles. The normalized spacial score (nSPS) is 12.1. The molecule has 5 nitrogen and oxygen atoms in total. The molecule has 4 heterocycles. The highest BCUT2D eigenvalue weighted by atomic mass is 16.3. The van der Waals surface area contributed by atoms with Gasteiger partial charge < -0.3 is 8.98 Å². The van der Waals surface area contributed by atoms with Crippen molar-refractivity contribution in [3.63, 3.8) is 0 Å². The van der Waals surface area contributed by atoms with Crippen molar-refractivity contribution in [1.82, 2.24) is 18.5 Å². The van der Waals surface area contributed by atoms with Crippen molar-refractivity contribution >= 4 is 60.6 Å². The molecule has 0 spiro atoms. The van der Waals surface area contributed by atoms with Gasteiger partial charge in [0, 0.05) is 45.3 Å². The third kappa shape index (κ3) is 3.21. The summed E-state index contributed by atoms with van der Waals surface area (Å²) in [7, 11) is 0. The molecule has 0 fully saturated rings. The summed E-state index contributed by atoms with van der Waals surface area (Å²) in [4.78, 5) is 4.68. The lowest BCUT2D eigenvalue weighted by Crippen LogP contribution is -1.95. The molecule has 5 heteroatoms. The highest BCUT2D eigenvalue weighted by Crippen LogP contribution is 2.37. The Balaban J connectivity index is 1.15. The second kappa shape index (κ2) is 8.72. The van der Waals surface area contributed by atoms with Crippen LogP contribution < -0.4 is 0 Å². The molecule has 0 aliphatic rings. The fraction of sp³-hybridized carbons (Fsp3) is 0. The summed E-state index contributed by atoms with van der Waals surface area (Å²) >= 11 is 0. The van der Waals surface area contributed by atoms with Gasteiger partial charge in [-0.3, -0.25) is 8.97 Å². The average molecular weight is 565 g/mol. The minimum Gasteiger partial charge on any atom is -0.456 e. The van der Waals surface area contributed by atoms with Crippen LogP contribution in [0, 0.1) is 0 Å². The number of hydrogen-bond acceptors (Lipinski definition) is 2. The number of rotatable bonds is 3. The van der Waals surface area contributed by atoms with Crippen molar-refractivity contribution in [3.05, 3.63) is 146 Å². The maximum absolute atomic E-state index is 6.34. The number of para-hydroxylation sites is 4. The van der Waals surface area contributed by atoms with Gasteiger partial charge in [-0.05, 0) is 77.9 Å². The molecule has 0 atom stereocenters. The summed E-state index contributed by atoms with van der Waals surface area (Å²) in [6.45, 7) is 0. The molecule has 206 valence electrons. The Morgan fingerprint density at radius 1 is 0.455 bits per heavy atom. The molecule has 6 aromatic carbocycles. The lowest BCUT2D eigenvalue weighted by Gasteiger charge is -2.09. The molecule has 0 aliphatic carbocycles. The van der Waals surface area contributed by atoms with Crippen LogP contribution in [0.4, 0.5) is 0 Å². The zero-order valence-electron chi connectivity index (χ0n) is 23.6. The van der Waals surface area contributed by atoms with Crippen LogP contribution in [-0.2, 0) is 0 Å². The van der Waals surface area contributed by atoms with Gasteiger partial charge in [0.1, 0.15) is 11.2 Å². The van der Waals surface area contributed by atoms with E-state index in [0.717, 1.165) is 61.3 Å². The Bertz CT molecular complexity index is 2680. The molecule has 0 aliphatic heterocycles. The summed E-state index contributed by atoms with van der Waals surface area (Å²) in [6.07, 6.45) is 3.87. The average Bonchev–Trinajstić information content (AvgIpc) is 3.84. The van der Waals surface area contributed by atoms with Crippen molar-refractivity contribution in [2.24, 2.45) is 0 Å². The van der Waals surface area contributed by atoms with Crippen LogP contribution in [0.15, 0.2) is 150 Å². The first-order chi connectivity index (χ1) is 21.8. The Hall–Kier alpha value is -6.07. The Labute approximate surface area is 251 Å². The summed E-state index contributed by atoms with van der Waals surface area (Å²) in [5.41, 5.74) is 10.9. The first kappa shape index (κ1) is 23.5. The molecule has 0 bridgehead atoms. The van der Waals surface area contributed by atoms with Crippen LogP contribution in [0.3, 0.4) is 0 Å². The molecular weight excluding hydrogens is 540 g/mol. The van der Waals surface area contributed by atoms with Gasteiger partial charge in [-0.1, -0.05) is 66.7 Å². The Kier molecular flexibility index (Phi) is 4.66. The van der Waals surface area contributed by atoms with E-state index in [0.29, 0.717) is 0 Å². The molecule has 0 amide bonds. The van der Waals surface area contributed by atoms with Gasteiger partial charge in [0.25, 0.3) is 0 Å². The van der Waals surface area contributed by atoms with Gasteiger partial charge >= 0.3 is 0 Å². The zero-order valence-corrected chi connectivity index (χ0v) is 23.6. The third-order valence-corrected chi connectivity index (χ3v) is 8.93. The highest BCUT2D eigenvalue weighted by molar-refractivity contribution is 6.11. The van der Waals surface area contributed by atoms with Crippen molar-refractivity contribution in [2.45, 2.75) is 0 Å². The van der Waals surface area contributed by atoms with Crippen molar-refractivity contribution < 1.29 is 4.42 Å². The zero-order chi connectivity index (χ0) is 28.8. The first-order valence-electron chi connectivity index (χ1n) is 14.8. The van der Waals surface area contributed by atoms with E-state index < -0.39 is 0 Å². The molecule has 0 unspecified atom stereocenters. The fourth-order valence-electron chi connectivity index (χ4n) is 6.98. The van der Waals surface area contributed by atoms with Crippen LogP contribution in [0.25, 0.3) is 83.1 Å². The van der Waals surface area contributed by atoms with E-state index in [2.05, 4.69) is 152 Å². The minimum absolute atomic E-state index is 0.884. The SMILES string of the molecule is c1cc(-c2ccc3oc4ccc(-n5c6ccccc6c6ccccc65)cc4c3c2)cc(-n2c3ccccc3n3ccnc23)c1. The Morgan fingerprint density at radius 2 is 1.09 bits per heavy atom. The number of furan rings is 1. The molecule has 4 aromatic heterocycles. The summed E-state index contributed by atoms with van der Waals surface area (Å²) in [6, 6.07) is 47.4. The molecule has 10 aromatic rings. The fourth-order valence-corrected chi connectivity index (χ4v) is 6.98. The minimum atomic E-state index is 0.884. The van der Waals surface area contributed by atoms with Crippen LogP contribution in [0.1, 0.15) is 0 Å². The standard InChI is InChI=1S/C39H24N4O/c1-3-12-33-29(10-1)30-11-2-4-13-34(30)42(33)28-17-19-38-32(24-28)31-23-26(16-18-37(31)44-38)25-8-7-9-27(22-25)43-36-15-6-5-14-35(36)41-21-20-40-39(41)43/h1-24H. The van der Waals surface area contributed by atoms with E-state index in [1.54, 1.807) is 0 Å². The number of benzene rings is 6. The van der Waals surface area contributed by atoms with E-state index >= 15 is 0 Å². The van der Waals surface area contributed by atoms with Crippen LogP contribution in [0.2, 0.25) is 0 Å². The molecule has 10 rings (SSSR count). The van der Waals surface area contributed by atoms with Gasteiger partial charge in [0.05, 0.1) is 22.1 Å². The van der Waals surface area contributed by atoms with E-state index in [1.807, 2.05) is 12.4 Å². The van der Waals surface area contributed by atoms with Crippen LogP contribution in [-0.4, -0.2) is 18.5 Å². The summed E-state index contributed by atoms with van der Waals surface area (Å²) in [5.74, 6) is 0.900. The maximum Gasteiger partial charge on any atom is 0.219 e. The number of nitrogens with zero attached hydrogens (tertiary/aromatic N) is 4. The van der Waals surface area contributed by atoms with Gasteiger partial charge in [-0.2, -0.15) is 0 Å². The van der Waals surface area contributed by atoms with Gasteiger partial charge in [0.2, 0.25) is 5.78 Å². The quantitative estimate of drug-likeness (QED) is 0.214. The predicted octanol–water partition coefficient (Wildman–Crippen LogP) is 9.94. The molecule has 0 saturated heterocycles. The smallest absolute Gasteiger partial charge is 0.219 e. The number of aromatic nitrogens is 4. The molecule has 0 N–H and O–H groups in total. The monoisotopic (exact) mass is 564 g/mol. The number of hydrogen-bond donors (Lipinski definition) is 0. The summed E-state index contributed by atoms with van der Waals surface area (Å²) in [5, 5.41) is 4.72. The third-order valence-electron chi connectivity index (χ3n) is 8.93. The van der Waals surface area contributed by atoms with Crippen LogP contribution >= 0.6 is 0 Å². The first-order valence-corrected chi connectivity index (χ1v) is 14.8.